The van der Waals surface area contributed by atoms with E-state index in [1.807, 2.05) is 0 Å². The molecule has 0 amide bonds. The highest BCUT2D eigenvalue weighted by atomic mass is 32.1. The Hall–Kier alpha value is -3.72. The number of ether oxygens (including phenoxy) is 2. The van der Waals surface area contributed by atoms with Crippen LogP contribution in [0.2, 0.25) is 0 Å². The first-order valence-corrected chi connectivity index (χ1v) is 14.2. The summed E-state index contributed by atoms with van der Waals surface area (Å²) < 4.78 is 81.1. The average molecular weight is 640 g/mol. The minimum Gasteiger partial charge on any atom is -0.383 e. The van der Waals surface area contributed by atoms with Crippen LogP contribution in [-0.2, 0) is 40.3 Å². The van der Waals surface area contributed by atoms with Gasteiger partial charge in [0.25, 0.3) is 5.56 Å². The van der Waals surface area contributed by atoms with Gasteiger partial charge in [0.2, 0.25) is 0 Å². The molecule has 2 aromatic heterocycles. The molecule has 0 aliphatic heterocycles. The van der Waals surface area contributed by atoms with Crippen LogP contribution in [0.25, 0.3) is 20.7 Å². The number of halogens is 5. The molecular weight excluding hydrogens is 609 g/mol. The standard InChI is InChI=1S/C30H30F5N3O5S/c1-36(11-12-42-2)14-22-25-27(40)38(17-30(33,34)35)29(41)37(15-21-23(31)5-4-6-24(21)32)28(25)44-26(22)19-9-7-18(8-10-19)13-20(39)16-43-3/h4-10H,11-17H2,1-3H3. The number of methoxy groups -OCH3 is 2. The van der Waals surface area contributed by atoms with Crippen LogP contribution in [0.5, 0.6) is 0 Å². The van der Waals surface area contributed by atoms with Crippen LogP contribution in [0.15, 0.2) is 52.1 Å². The summed E-state index contributed by atoms with van der Waals surface area (Å²) in [4.78, 5) is 41.4. The van der Waals surface area contributed by atoms with Crippen molar-refractivity contribution in [2.24, 2.45) is 0 Å². The van der Waals surface area contributed by atoms with Crippen molar-refractivity contribution in [2.45, 2.75) is 32.2 Å². The topological polar surface area (TPSA) is 82.8 Å². The third-order valence-electron chi connectivity index (χ3n) is 6.90. The molecule has 44 heavy (non-hydrogen) atoms. The van der Waals surface area contributed by atoms with E-state index in [-0.39, 0.29) is 40.1 Å². The zero-order chi connectivity index (χ0) is 32.2. The summed E-state index contributed by atoms with van der Waals surface area (Å²) in [5, 5.41) is -0.158. The quantitative estimate of drug-likeness (QED) is 0.199. The van der Waals surface area contributed by atoms with E-state index in [1.165, 1.54) is 14.2 Å². The van der Waals surface area contributed by atoms with Crippen molar-refractivity contribution >= 4 is 27.3 Å². The number of ketones is 1. The Morgan fingerprint density at radius 2 is 1.61 bits per heavy atom. The summed E-state index contributed by atoms with van der Waals surface area (Å²) in [6.45, 7) is -1.86. The number of thiophene rings is 1. The molecule has 8 nitrogen and oxygen atoms in total. The molecule has 0 spiro atoms. The number of hydrogen-bond acceptors (Lipinski definition) is 7. The van der Waals surface area contributed by atoms with Gasteiger partial charge >= 0.3 is 11.9 Å². The molecule has 0 aliphatic carbocycles. The van der Waals surface area contributed by atoms with Crippen molar-refractivity contribution in [1.29, 1.82) is 0 Å². The molecule has 0 atom stereocenters. The predicted molar refractivity (Wildman–Crippen MR) is 156 cm³/mol. The van der Waals surface area contributed by atoms with Crippen molar-refractivity contribution < 1.29 is 36.2 Å². The van der Waals surface area contributed by atoms with E-state index in [0.29, 0.717) is 34.7 Å². The summed E-state index contributed by atoms with van der Waals surface area (Å²) in [6, 6.07) is 9.88. The molecule has 4 aromatic rings. The number of rotatable bonds is 13. The average Bonchev–Trinajstić information content (AvgIpc) is 3.32. The third kappa shape index (κ3) is 7.49. The highest BCUT2D eigenvalue weighted by molar-refractivity contribution is 7.22. The van der Waals surface area contributed by atoms with Crippen LogP contribution in [0.3, 0.4) is 0 Å². The predicted octanol–water partition coefficient (Wildman–Crippen LogP) is 4.62. The number of fused-ring (bicyclic) bond motifs is 1. The van der Waals surface area contributed by atoms with E-state index in [4.69, 9.17) is 9.47 Å². The highest BCUT2D eigenvalue weighted by Gasteiger charge is 2.32. The number of carbonyl (C=O) groups excluding carboxylic acids is 1. The van der Waals surface area contributed by atoms with Gasteiger partial charge in [0.1, 0.15) is 29.6 Å². The fourth-order valence-corrected chi connectivity index (χ4v) is 6.11. The Kier molecular flexibility index (Phi) is 10.5. The second-order valence-corrected chi connectivity index (χ2v) is 11.2. The normalized spacial score (nSPS) is 12.0. The second-order valence-electron chi connectivity index (χ2n) is 10.2. The summed E-state index contributed by atoms with van der Waals surface area (Å²) in [5.74, 6) is -2.13. The number of aromatic nitrogens is 2. The van der Waals surface area contributed by atoms with Crippen molar-refractivity contribution in [3.8, 4) is 10.4 Å². The Morgan fingerprint density at radius 1 is 0.955 bits per heavy atom. The number of benzene rings is 2. The Balaban J connectivity index is 1.99. The van der Waals surface area contributed by atoms with Gasteiger partial charge in [-0.25, -0.2) is 13.6 Å². The van der Waals surface area contributed by atoms with E-state index in [2.05, 4.69) is 0 Å². The molecule has 0 N–H and O–H groups in total. The maximum atomic E-state index is 14.7. The van der Waals surface area contributed by atoms with Gasteiger partial charge in [0.05, 0.1) is 18.5 Å². The van der Waals surface area contributed by atoms with Gasteiger partial charge in [-0.15, -0.1) is 11.3 Å². The molecular formula is C30H30F5N3O5S. The van der Waals surface area contributed by atoms with Gasteiger partial charge < -0.3 is 9.47 Å². The van der Waals surface area contributed by atoms with Gasteiger partial charge in [-0.05, 0) is 35.9 Å². The fourth-order valence-electron chi connectivity index (χ4n) is 4.81. The Labute approximate surface area is 252 Å². The van der Waals surface area contributed by atoms with Gasteiger partial charge in [-0.2, -0.15) is 13.2 Å². The molecule has 0 bridgehead atoms. The SMILES string of the molecule is COCCN(C)Cc1c(-c2ccc(CC(=O)COC)cc2)sc2c1c(=O)n(CC(F)(F)F)c(=O)n2Cc1c(F)cccc1F. The summed E-state index contributed by atoms with van der Waals surface area (Å²) in [5.41, 5.74) is -1.44. The lowest BCUT2D eigenvalue weighted by Crippen LogP contribution is -2.43. The van der Waals surface area contributed by atoms with Gasteiger partial charge in [0, 0.05) is 44.2 Å². The maximum Gasteiger partial charge on any atom is 0.406 e. The van der Waals surface area contributed by atoms with Crippen LogP contribution in [0.4, 0.5) is 22.0 Å². The lowest BCUT2D eigenvalue weighted by Gasteiger charge is -2.18. The molecule has 14 heteroatoms. The third-order valence-corrected chi connectivity index (χ3v) is 8.20. The lowest BCUT2D eigenvalue weighted by molar-refractivity contribution is -0.142. The molecule has 0 radical (unpaired) electrons. The van der Waals surface area contributed by atoms with Crippen molar-refractivity contribution in [2.75, 3.05) is 41.0 Å². The first-order chi connectivity index (χ1) is 20.8. The Morgan fingerprint density at radius 3 is 2.20 bits per heavy atom. The number of likely N-dealkylation sites (N-methyl/N-ethyl adjacent to an activating group) is 1. The van der Waals surface area contributed by atoms with Crippen LogP contribution < -0.4 is 11.2 Å². The van der Waals surface area contributed by atoms with Crippen LogP contribution in [0, 0.1) is 11.6 Å². The molecule has 0 fully saturated rings. The molecule has 2 heterocycles. The van der Waals surface area contributed by atoms with E-state index in [1.54, 1.807) is 36.2 Å². The molecule has 0 unspecified atom stereocenters. The van der Waals surface area contributed by atoms with Crippen LogP contribution >= 0.6 is 11.3 Å². The first-order valence-electron chi connectivity index (χ1n) is 13.4. The molecule has 4 rings (SSSR count). The van der Waals surface area contributed by atoms with E-state index in [9.17, 15) is 36.3 Å². The van der Waals surface area contributed by atoms with E-state index >= 15 is 0 Å². The maximum absolute atomic E-state index is 14.7. The minimum absolute atomic E-state index is 0.0226. The molecule has 0 saturated heterocycles. The summed E-state index contributed by atoms with van der Waals surface area (Å²) in [7, 11) is 4.65. The van der Waals surface area contributed by atoms with Crippen LogP contribution in [0.1, 0.15) is 16.7 Å². The van der Waals surface area contributed by atoms with Crippen molar-refractivity contribution in [1.82, 2.24) is 14.0 Å². The first kappa shape index (κ1) is 33.2. The molecule has 2 aromatic carbocycles. The largest absolute Gasteiger partial charge is 0.406 e. The lowest BCUT2D eigenvalue weighted by atomic mass is 10.0. The minimum atomic E-state index is -4.93. The highest BCUT2D eigenvalue weighted by Crippen LogP contribution is 2.38. The van der Waals surface area contributed by atoms with Gasteiger partial charge in [0.15, 0.2) is 5.78 Å². The zero-order valence-corrected chi connectivity index (χ0v) is 25.0. The summed E-state index contributed by atoms with van der Waals surface area (Å²) in [6.07, 6.45) is -4.81. The molecule has 0 saturated carbocycles. The number of nitrogens with zero attached hydrogens (tertiary/aromatic N) is 3. The smallest absolute Gasteiger partial charge is 0.383 e. The monoisotopic (exact) mass is 639 g/mol. The number of Topliss-reactive ketones (excluding diaryl/α,β-unsaturated/α-hetero) is 1. The number of hydrogen-bond donors (Lipinski definition) is 0. The number of alkyl halides is 3. The van der Waals surface area contributed by atoms with E-state index in [0.717, 1.165) is 34.1 Å². The molecule has 236 valence electrons. The van der Waals surface area contributed by atoms with Gasteiger partial charge in [-0.1, -0.05) is 30.3 Å². The van der Waals surface area contributed by atoms with Gasteiger partial charge in [-0.3, -0.25) is 23.6 Å². The van der Waals surface area contributed by atoms with Crippen molar-refractivity contribution in [3.05, 3.63) is 91.6 Å². The Bertz CT molecular complexity index is 1740. The van der Waals surface area contributed by atoms with Crippen LogP contribution in [-0.4, -0.2) is 67.0 Å². The fraction of sp³-hybridized carbons (Fsp3) is 0.367. The van der Waals surface area contributed by atoms with Crippen molar-refractivity contribution in [3.63, 3.8) is 0 Å². The summed E-state index contributed by atoms with van der Waals surface area (Å²) >= 11 is 0.962. The second kappa shape index (κ2) is 13.9. The zero-order valence-electron chi connectivity index (χ0n) is 24.2. The number of carbonyl (C=O) groups is 1. The van der Waals surface area contributed by atoms with E-state index < -0.39 is 47.7 Å². The molecule has 0 aliphatic rings.